The van der Waals surface area contributed by atoms with Gasteiger partial charge in [-0.15, -0.1) is 0 Å². The molecule has 3 N–H and O–H groups in total. The molecule has 0 fully saturated rings. The number of nitrogens with one attached hydrogen (secondary N) is 1. The summed E-state index contributed by atoms with van der Waals surface area (Å²) in [7, 11) is 0. The van der Waals surface area contributed by atoms with E-state index < -0.39 is 0 Å². The summed E-state index contributed by atoms with van der Waals surface area (Å²) in [4.78, 5) is 22.3. The van der Waals surface area contributed by atoms with Crippen molar-refractivity contribution in [1.29, 1.82) is 0 Å². The fourth-order valence-electron chi connectivity index (χ4n) is 0.956. The molecule has 62 valence electrons. The average Bonchev–Trinajstić information content (AvgIpc) is 2.29. The number of rotatable bonds is 0. The number of aryl methyl sites for hydroxylation is 1. The van der Waals surface area contributed by atoms with Crippen LogP contribution < -0.4 is 11.3 Å². The first-order valence-electron chi connectivity index (χ1n) is 3.30. The molecule has 2 heterocycles. The highest BCUT2D eigenvalue weighted by molar-refractivity contribution is 7.21. The van der Waals surface area contributed by atoms with E-state index in [9.17, 15) is 4.79 Å². The summed E-state index contributed by atoms with van der Waals surface area (Å²) in [6.07, 6.45) is 0. The Bertz CT molecular complexity index is 486. The van der Waals surface area contributed by atoms with E-state index in [1.165, 1.54) is 11.3 Å². The second-order valence-electron chi connectivity index (χ2n) is 2.36. The molecule has 2 aromatic heterocycles. The minimum Gasteiger partial charge on any atom is -0.375 e. The second-order valence-corrected chi connectivity index (χ2v) is 3.37. The summed E-state index contributed by atoms with van der Waals surface area (Å²) >= 11 is 1.22. The zero-order chi connectivity index (χ0) is 8.72. The summed E-state index contributed by atoms with van der Waals surface area (Å²) in [6, 6.07) is 0. The van der Waals surface area contributed by atoms with Crippen molar-refractivity contribution in [3.05, 3.63) is 16.2 Å². The van der Waals surface area contributed by atoms with E-state index in [1.54, 1.807) is 6.92 Å². The maximum atomic E-state index is 11.2. The van der Waals surface area contributed by atoms with Gasteiger partial charge in [-0.05, 0) is 6.92 Å². The first kappa shape index (κ1) is 7.23. The summed E-state index contributed by atoms with van der Waals surface area (Å²) in [5, 5.41) is 0.369. The van der Waals surface area contributed by atoms with E-state index in [1.807, 2.05) is 0 Å². The molecule has 0 aliphatic rings. The van der Waals surface area contributed by atoms with E-state index in [2.05, 4.69) is 15.0 Å². The third kappa shape index (κ3) is 0.964. The van der Waals surface area contributed by atoms with Gasteiger partial charge in [0.1, 0.15) is 5.82 Å². The predicted molar refractivity (Wildman–Crippen MR) is 47.2 cm³/mol. The first-order valence-corrected chi connectivity index (χ1v) is 4.11. The lowest BCUT2D eigenvalue weighted by atomic mass is 10.5. The molecule has 5 nitrogen and oxygen atoms in total. The van der Waals surface area contributed by atoms with Crippen LogP contribution in [0.5, 0.6) is 0 Å². The van der Waals surface area contributed by atoms with Gasteiger partial charge >= 0.3 is 0 Å². The Labute approximate surface area is 71.3 Å². The molecule has 0 aromatic carbocycles. The Morgan fingerprint density at radius 3 is 3.00 bits per heavy atom. The molecule has 0 bridgehead atoms. The van der Waals surface area contributed by atoms with Crippen LogP contribution in [-0.4, -0.2) is 15.0 Å². The summed E-state index contributed by atoms with van der Waals surface area (Å²) < 4.78 is 0. The minimum absolute atomic E-state index is 0.231. The molecule has 0 unspecified atom stereocenters. The van der Waals surface area contributed by atoms with Crippen LogP contribution in [0.3, 0.4) is 0 Å². The lowest BCUT2D eigenvalue weighted by Gasteiger charge is -1.88. The van der Waals surface area contributed by atoms with Gasteiger partial charge in [0, 0.05) is 0 Å². The molecule has 6 heteroatoms. The molecule has 0 aliphatic heterocycles. The monoisotopic (exact) mass is 182 g/mol. The Balaban J connectivity index is 2.98. The van der Waals surface area contributed by atoms with Crippen LogP contribution in [0, 0.1) is 6.92 Å². The molecular weight excluding hydrogens is 176 g/mol. The lowest BCUT2D eigenvalue weighted by molar-refractivity contribution is 1.06. The standard InChI is InChI=1S/C6H6N4OS/c1-2-8-4(11)3-5(9-2)12-6(7)10-3/h1H3,(H2,7,10)(H,8,9,11). The van der Waals surface area contributed by atoms with Crippen molar-refractivity contribution in [3.63, 3.8) is 0 Å². The van der Waals surface area contributed by atoms with Gasteiger partial charge in [0.15, 0.2) is 15.5 Å². The van der Waals surface area contributed by atoms with E-state index in [-0.39, 0.29) is 5.56 Å². The van der Waals surface area contributed by atoms with Gasteiger partial charge in [-0.25, -0.2) is 9.97 Å². The van der Waals surface area contributed by atoms with Crippen molar-refractivity contribution in [2.24, 2.45) is 0 Å². The van der Waals surface area contributed by atoms with Crippen molar-refractivity contribution in [2.75, 3.05) is 5.73 Å². The normalized spacial score (nSPS) is 10.8. The second kappa shape index (κ2) is 2.28. The molecule has 0 aliphatic carbocycles. The minimum atomic E-state index is -0.231. The number of nitrogens with two attached hydrogens (primary N) is 1. The van der Waals surface area contributed by atoms with Crippen molar-refractivity contribution in [1.82, 2.24) is 15.0 Å². The maximum absolute atomic E-state index is 11.2. The van der Waals surface area contributed by atoms with Gasteiger partial charge in [0.25, 0.3) is 5.56 Å². The van der Waals surface area contributed by atoms with Crippen molar-refractivity contribution in [2.45, 2.75) is 6.92 Å². The number of H-pyrrole nitrogens is 1. The topological polar surface area (TPSA) is 84.7 Å². The van der Waals surface area contributed by atoms with Gasteiger partial charge in [-0.2, -0.15) is 0 Å². The molecule has 0 spiro atoms. The molecular formula is C6H6N4OS. The summed E-state index contributed by atoms with van der Waals surface area (Å²) in [5.74, 6) is 0.580. The van der Waals surface area contributed by atoms with E-state index >= 15 is 0 Å². The summed E-state index contributed by atoms with van der Waals surface area (Å²) in [5.41, 5.74) is 5.52. The van der Waals surface area contributed by atoms with Crippen LogP contribution in [0.25, 0.3) is 10.3 Å². The number of anilines is 1. The zero-order valence-electron chi connectivity index (χ0n) is 6.29. The van der Waals surface area contributed by atoms with Crippen molar-refractivity contribution >= 4 is 26.8 Å². The van der Waals surface area contributed by atoms with Crippen molar-refractivity contribution in [3.8, 4) is 0 Å². The number of hydrogen-bond acceptors (Lipinski definition) is 5. The third-order valence-electron chi connectivity index (χ3n) is 1.40. The quantitative estimate of drug-likeness (QED) is 0.612. The van der Waals surface area contributed by atoms with Crippen LogP contribution in [0.15, 0.2) is 4.79 Å². The first-order chi connectivity index (χ1) is 5.66. The fraction of sp³-hybridized carbons (Fsp3) is 0.167. The Morgan fingerprint density at radius 2 is 2.25 bits per heavy atom. The van der Waals surface area contributed by atoms with Gasteiger partial charge in [0.2, 0.25) is 0 Å². The van der Waals surface area contributed by atoms with Crippen LogP contribution in [0.1, 0.15) is 5.82 Å². The maximum Gasteiger partial charge on any atom is 0.278 e. The van der Waals surface area contributed by atoms with Gasteiger partial charge in [-0.1, -0.05) is 11.3 Å². The SMILES string of the molecule is Cc1nc2sc(N)nc2c(=O)[nH]1. The van der Waals surface area contributed by atoms with Gasteiger partial charge < -0.3 is 10.7 Å². The molecule has 2 rings (SSSR count). The third-order valence-corrected chi connectivity index (χ3v) is 2.18. The molecule has 0 radical (unpaired) electrons. The highest BCUT2D eigenvalue weighted by Gasteiger charge is 2.06. The number of thiazole rings is 1. The van der Waals surface area contributed by atoms with Crippen LogP contribution in [0.2, 0.25) is 0 Å². The predicted octanol–water partition coefficient (Wildman–Crippen LogP) is 0.270. The number of aromatic amines is 1. The number of nitrogen functional groups attached to an aromatic ring is 1. The molecule has 2 aromatic rings. The molecule has 0 amide bonds. The highest BCUT2D eigenvalue weighted by atomic mass is 32.1. The smallest absolute Gasteiger partial charge is 0.278 e. The largest absolute Gasteiger partial charge is 0.375 e. The van der Waals surface area contributed by atoms with Gasteiger partial charge in [0.05, 0.1) is 0 Å². The Hall–Kier alpha value is -1.43. The Morgan fingerprint density at radius 1 is 1.50 bits per heavy atom. The lowest BCUT2D eigenvalue weighted by Crippen LogP contribution is -2.08. The molecule has 0 saturated carbocycles. The fourth-order valence-corrected chi connectivity index (χ4v) is 1.71. The average molecular weight is 182 g/mol. The van der Waals surface area contributed by atoms with E-state index in [0.29, 0.717) is 21.3 Å². The zero-order valence-corrected chi connectivity index (χ0v) is 7.10. The van der Waals surface area contributed by atoms with Crippen LogP contribution in [-0.2, 0) is 0 Å². The van der Waals surface area contributed by atoms with Gasteiger partial charge in [-0.3, -0.25) is 4.79 Å². The number of nitrogens with zero attached hydrogens (tertiary/aromatic N) is 2. The van der Waals surface area contributed by atoms with E-state index in [4.69, 9.17) is 5.73 Å². The van der Waals surface area contributed by atoms with Crippen LogP contribution in [0.4, 0.5) is 5.13 Å². The Kier molecular flexibility index (Phi) is 1.37. The highest BCUT2D eigenvalue weighted by Crippen LogP contribution is 2.17. The number of aromatic nitrogens is 3. The summed E-state index contributed by atoms with van der Waals surface area (Å²) in [6.45, 7) is 1.72. The molecule has 0 atom stereocenters. The number of fused-ring (bicyclic) bond motifs is 1. The van der Waals surface area contributed by atoms with Crippen LogP contribution >= 0.6 is 11.3 Å². The van der Waals surface area contributed by atoms with Crippen molar-refractivity contribution < 1.29 is 0 Å². The number of hydrogen-bond donors (Lipinski definition) is 2. The van der Waals surface area contributed by atoms with E-state index in [0.717, 1.165) is 0 Å². The molecule has 12 heavy (non-hydrogen) atoms. The molecule has 0 saturated heterocycles.